The topological polar surface area (TPSA) is 50.4 Å². The molecule has 1 aliphatic carbocycles. The van der Waals surface area contributed by atoms with E-state index in [2.05, 4.69) is 26.6 Å². The molecule has 1 fully saturated rings. The van der Waals surface area contributed by atoms with Crippen molar-refractivity contribution in [2.45, 2.75) is 64.1 Å². The third-order valence-electron chi connectivity index (χ3n) is 3.69. The van der Waals surface area contributed by atoms with E-state index in [1.54, 1.807) is 6.07 Å². The van der Waals surface area contributed by atoms with Crippen molar-refractivity contribution in [3.63, 3.8) is 0 Å². The van der Waals surface area contributed by atoms with E-state index >= 15 is 0 Å². The van der Waals surface area contributed by atoms with Crippen LogP contribution in [-0.2, 0) is 4.74 Å². The molecule has 2 N–H and O–H groups in total. The summed E-state index contributed by atoms with van der Waals surface area (Å²) < 4.78 is 19.9. The van der Waals surface area contributed by atoms with Crippen LogP contribution in [0.5, 0.6) is 0 Å². The third kappa shape index (κ3) is 6.01. The smallest absolute Gasteiger partial charge is 0.407 e. The average molecular weight is 387 g/mol. The van der Waals surface area contributed by atoms with Crippen LogP contribution in [0.2, 0.25) is 0 Å². The maximum Gasteiger partial charge on any atom is 0.407 e. The van der Waals surface area contributed by atoms with Crippen molar-refractivity contribution in [2.75, 3.05) is 5.32 Å². The van der Waals surface area contributed by atoms with E-state index in [1.165, 1.54) is 6.07 Å². The Bertz CT molecular complexity index is 560. The van der Waals surface area contributed by atoms with E-state index in [-0.39, 0.29) is 17.9 Å². The van der Waals surface area contributed by atoms with Gasteiger partial charge in [-0.25, -0.2) is 9.18 Å². The van der Waals surface area contributed by atoms with E-state index in [9.17, 15) is 9.18 Å². The molecule has 2 atom stereocenters. The molecule has 4 nitrogen and oxygen atoms in total. The zero-order valence-electron chi connectivity index (χ0n) is 13.8. The van der Waals surface area contributed by atoms with Gasteiger partial charge in [0, 0.05) is 16.6 Å². The zero-order chi connectivity index (χ0) is 17.0. The lowest BCUT2D eigenvalue weighted by Crippen LogP contribution is -2.43. The molecule has 0 radical (unpaired) electrons. The molecule has 23 heavy (non-hydrogen) atoms. The summed E-state index contributed by atoms with van der Waals surface area (Å²) in [7, 11) is 0. The van der Waals surface area contributed by atoms with Crippen molar-refractivity contribution in [3.8, 4) is 0 Å². The van der Waals surface area contributed by atoms with Gasteiger partial charge in [0.05, 0.1) is 5.69 Å². The fourth-order valence-corrected chi connectivity index (χ4v) is 3.09. The number of nitrogens with one attached hydrogen (secondary N) is 2. The Morgan fingerprint density at radius 1 is 1.30 bits per heavy atom. The van der Waals surface area contributed by atoms with Crippen LogP contribution in [0.4, 0.5) is 14.9 Å². The second-order valence-corrected chi connectivity index (χ2v) is 7.89. The maximum absolute atomic E-state index is 13.9. The predicted molar refractivity (Wildman–Crippen MR) is 93.1 cm³/mol. The van der Waals surface area contributed by atoms with Gasteiger partial charge in [0.2, 0.25) is 0 Å². The van der Waals surface area contributed by atoms with Crippen LogP contribution in [0.1, 0.15) is 46.5 Å². The molecule has 1 aliphatic rings. The molecule has 0 aromatic heterocycles. The molecule has 2 rings (SSSR count). The van der Waals surface area contributed by atoms with Crippen molar-refractivity contribution < 1.29 is 13.9 Å². The molecule has 2 unspecified atom stereocenters. The van der Waals surface area contributed by atoms with Crippen molar-refractivity contribution in [1.82, 2.24) is 5.32 Å². The predicted octanol–water partition coefficient (Wildman–Crippen LogP) is 4.84. The van der Waals surface area contributed by atoms with E-state index in [1.807, 2.05) is 26.8 Å². The van der Waals surface area contributed by atoms with Gasteiger partial charge < -0.3 is 15.4 Å². The molecule has 0 aliphatic heterocycles. The minimum absolute atomic E-state index is 0.0506. The molecule has 1 amide bonds. The first-order valence-corrected chi connectivity index (χ1v) is 8.73. The van der Waals surface area contributed by atoms with Crippen LogP contribution < -0.4 is 10.6 Å². The monoisotopic (exact) mass is 386 g/mol. The van der Waals surface area contributed by atoms with E-state index < -0.39 is 11.7 Å². The van der Waals surface area contributed by atoms with Gasteiger partial charge in [0.25, 0.3) is 0 Å². The number of hydrogen-bond acceptors (Lipinski definition) is 3. The van der Waals surface area contributed by atoms with Crippen molar-refractivity contribution >= 4 is 27.7 Å². The summed E-state index contributed by atoms with van der Waals surface area (Å²) in [6.45, 7) is 5.52. The Morgan fingerprint density at radius 3 is 2.65 bits per heavy atom. The van der Waals surface area contributed by atoms with Crippen LogP contribution in [0.25, 0.3) is 0 Å². The molecule has 0 saturated heterocycles. The third-order valence-corrected chi connectivity index (χ3v) is 4.18. The van der Waals surface area contributed by atoms with Crippen molar-refractivity contribution in [1.29, 1.82) is 0 Å². The van der Waals surface area contributed by atoms with Crippen LogP contribution >= 0.6 is 15.9 Å². The Balaban J connectivity index is 1.89. The summed E-state index contributed by atoms with van der Waals surface area (Å²) in [5.74, 6) is -0.276. The first kappa shape index (κ1) is 18.0. The molecule has 0 heterocycles. The first-order chi connectivity index (χ1) is 10.7. The summed E-state index contributed by atoms with van der Waals surface area (Å²) in [4.78, 5) is 11.9. The Kier molecular flexibility index (Phi) is 5.89. The number of rotatable bonds is 3. The molecular weight excluding hydrogens is 363 g/mol. The fourth-order valence-electron chi connectivity index (χ4n) is 2.75. The summed E-state index contributed by atoms with van der Waals surface area (Å²) in [5, 5.41) is 6.15. The number of carbonyl (C=O) groups excluding carboxylic acids is 1. The average Bonchev–Trinajstić information content (AvgIpc) is 2.40. The Labute approximate surface area is 145 Å². The Morgan fingerprint density at radius 2 is 2.00 bits per heavy atom. The number of halogens is 2. The molecule has 0 spiro atoms. The molecule has 0 bridgehead atoms. The normalized spacial score (nSPS) is 21.6. The van der Waals surface area contributed by atoms with Gasteiger partial charge in [-0.2, -0.15) is 0 Å². The maximum atomic E-state index is 13.9. The van der Waals surface area contributed by atoms with Gasteiger partial charge in [-0.1, -0.05) is 15.9 Å². The summed E-state index contributed by atoms with van der Waals surface area (Å²) >= 11 is 3.25. The molecule has 128 valence electrons. The van der Waals surface area contributed by atoms with Crippen LogP contribution in [0.15, 0.2) is 22.7 Å². The lowest BCUT2D eigenvalue weighted by Gasteiger charge is -2.31. The minimum Gasteiger partial charge on any atom is -0.444 e. The summed E-state index contributed by atoms with van der Waals surface area (Å²) in [5.41, 5.74) is -0.00661. The summed E-state index contributed by atoms with van der Waals surface area (Å²) in [6.07, 6.45) is 3.23. The highest BCUT2D eigenvalue weighted by molar-refractivity contribution is 9.10. The number of anilines is 1. The van der Waals surface area contributed by atoms with Gasteiger partial charge >= 0.3 is 6.09 Å². The minimum atomic E-state index is -0.503. The molecule has 1 aromatic rings. The molecule has 6 heteroatoms. The number of alkyl carbamates (subject to hydrolysis) is 1. The van der Waals surface area contributed by atoms with E-state index in [4.69, 9.17) is 4.74 Å². The fraction of sp³-hybridized carbons (Fsp3) is 0.588. The van der Waals surface area contributed by atoms with Gasteiger partial charge in [-0.15, -0.1) is 0 Å². The van der Waals surface area contributed by atoms with Crippen molar-refractivity contribution in [2.24, 2.45) is 0 Å². The second-order valence-electron chi connectivity index (χ2n) is 6.98. The van der Waals surface area contributed by atoms with Crippen molar-refractivity contribution in [3.05, 3.63) is 28.5 Å². The second kappa shape index (κ2) is 7.51. The van der Waals surface area contributed by atoms with Gasteiger partial charge in [0.15, 0.2) is 0 Å². The largest absolute Gasteiger partial charge is 0.444 e. The summed E-state index contributed by atoms with van der Waals surface area (Å²) in [6, 6.07) is 5.17. The standard InChI is InChI=1S/C17H24BrFN2O2/c1-17(2,3)23-16(22)21-13-6-4-5-12(10-13)20-15-8-7-11(18)9-14(15)19/h7-9,12-13,20H,4-6,10H2,1-3H3,(H,21,22). The number of benzene rings is 1. The zero-order valence-corrected chi connectivity index (χ0v) is 15.4. The van der Waals surface area contributed by atoms with E-state index in [0.29, 0.717) is 10.2 Å². The quantitative estimate of drug-likeness (QED) is 0.781. The lowest BCUT2D eigenvalue weighted by atomic mass is 9.91. The van der Waals surface area contributed by atoms with Crippen LogP contribution in [0, 0.1) is 5.82 Å². The highest BCUT2D eigenvalue weighted by Gasteiger charge is 2.25. The van der Waals surface area contributed by atoms with Gasteiger partial charge in [0.1, 0.15) is 11.4 Å². The van der Waals surface area contributed by atoms with E-state index in [0.717, 1.165) is 25.7 Å². The number of amides is 1. The number of hydrogen-bond donors (Lipinski definition) is 2. The first-order valence-electron chi connectivity index (χ1n) is 7.94. The molecular formula is C17H24BrFN2O2. The van der Waals surface area contributed by atoms with Gasteiger partial charge in [-0.05, 0) is 64.7 Å². The molecule has 1 aromatic carbocycles. The van der Waals surface area contributed by atoms with Crippen LogP contribution in [-0.4, -0.2) is 23.8 Å². The Hall–Kier alpha value is -1.30. The highest BCUT2D eigenvalue weighted by atomic mass is 79.9. The number of carbonyl (C=O) groups is 1. The van der Waals surface area contributed by atoms with Crippen LogP contribution in [0.3, 0.4) is 0 Å². The highest BCUT2D eigenvalue weighted by Crippen LogP contribution is 2.25. The SMILES string of the molecule is CC(C)(C)OC(=O)NC1CCCC(Nc2ccc(Br)cc2F)C1. The lowest BCUT2D eigenvalue weighted by molar-refractivity contribution is 0.0492. The number of ether oxygens (including phenoxy) is 1. The van der Waals surface area contributed by atoms with Gasteiger partial charge in [-0.3, -0.25) is 0 Å². The molecule has 1 saturated carbocycles.